The number of amides is 3. The third-order valence-electron chi connectivity index (χ3n) is 4.79. The number of methoxy groups -OCH3 is 1. The number of nitrogens with zero attached hydrogens (tertiary/aromatic N) is 1. The fourth-order valence-corrected chi connectivity index (χ4v) is 3.80. The molecule has 0 unspecified atom stereocenters. The maximum atomic E-state index is 13.0. The van der Waals surface area contributed by atoms with E-state index < -0.39 is 23.5 Å². The Morgan fingerprint density at radius 1 is 0.974 bits per heavy atom. The molecule has 10 nitrogen and oxygen atoms in total. The Bertz CT molecular complexity index is 1360. The molecule has 0 radical (unpaired) electrons. The zero-order valence-corrected chi connectivity index (χ0v) is 22.9. The normalized spacial score (nSPS) is 10.4. The van der Waals surface area contributed by atoms with E-state index in [0.29, 0.717) is 44.4 Å². The Labute approximate surface area is 237 Å². The molecule has 12 heteroatoms. The first-order valence-corrected chi connectivity index (χ1v) is 12.4. The lowest BCUT2D eigenvalue weighted by atomic mass is 10.2. The minimum Gasteiger partial charge on any atom is -0.493 e. The van der Waals surface area contributed by atoms with Gasteiger partial charge in [0.1, 0.15) is 18.2 Å². The van der Waals surface area contributed by atoms with E-state index in [1.54, 1.807) is 42.5 Å². The molecule has 0 saturated heterocycles. The van der Waals surface area contributed by atoms with E-state index in [9.17, 15) is 18.8 Å². The third kappa shape index (κ3) is 9.10. The minimum absolute atomic E-state index is 0.313. The first kappa shape index (κ1) is 29.1. The standard InChI is InChI=1S/C27H24FIN4O6/c1-3-12-38-21-10-8-20(9-11-21)32-26(35)27(36)33-30-15-17-13-22(29)25(23(14-17)37-2)39-16-24(34)31-19-6-4-18(28)5-7-19/h3-11,13-15H,1,12,16H2,2H3,(H,31,34)(H,32,35)(H,33,36)/b30-15-. The number of nitrogens with one attached hydrogen (secondary N) is 3. The molecule has 0 fully saturated rings. The van der Waals surface area contributed by atoms with Crippen LogP contribution in [0.1, 0.15) is 5.56 Å². The van der Waals surface area contributed by atoms with Crippen molar-refractivity contribution in [3.63, 3.8) is 0 Å². The summed E-state index contributed by atoms with van der Waals surface area (Å²) in [5.41, 5.74) is 3.54. The summed E-state index contributed by atoms with van der Waals surface area (Å²) in [6, 6.07) is 15.1. The van der Waals surface area contributed by atoms with Crippen LogP contribution >= 0.6 is 22.6 Å². The summed E-state index contributed by atoms with van der Waals surface area (Å²) in [6.07, 6.45) is 2.94. The lowest BCUT2D eigenvalue weighted by Crippen LogP contribution is -2.32. The van der Waals surface area contributed by atoms with E-state index in [4.69, 9.17) is 14.2 Å². The SMILES string of the molecule is C=CCOc1ccc(NC(=O)C(=O)N/N=C\c2cc(I)c(OCC(=O)Nc3ccc(F)cc3)c(OC)c2)cc1. The summed E-state index contributed by atoms with van der Waals surface area (Å²) in [4.78, 5) is 36.5. The van der Waals surface area contributed by atoms with Gasteiger partial charge < -0.3 is 24.8 Å². The molecule has 3 aromatic rings. The summed E-state index contributed by atoms with van der Waals surface area (Å²) in [7, 11) is 1.43. The summed E-state index contributed by atoms with van der Waals surface area (Å²) >= 11 is 2.00. The molecule has 0 atom stereocenters. The largest absolute Gasteiger partial charge is 0.493 e. The highest BCUT2D eigenvalue weighted by atomic mass is 127. The predicted octanol–water partition coefficient (Wildman–Crippen LogP) is 4.11. The number of carbonyl (C=O) groups excluding carboxylic acids is 3. The first-order valence-electron chi connectivity index (χ1n) is 11.3. The van der Waals surface area contributed by atoms with Crippen LogP contribution in [0.25, 0.3) is 0 Å². The van der Waals surface area contributed by atoms with Gasteiger partial charge >= 0.3 is 11.8 Å². The Kier molecular flexibility index (Phi) is 10.8. The molecule has 3 aromatic carbocycles. The Balaban J connectivity index is 1.54. The molecule has 39 heavy (non-hydrogen) atoms. The van der Waals surface area contributed by atoms with E-state index in [2.05, 4.69) is 27.7 Å². The molecular weight excluding hydrogens is 622 g/mol. The lowest BCUT2D eigenvalue weighted by molar-refractivity contribution is -0.136. The summed E-state index contributed by atoms with van der Waals surface area (Å²) < 4.78 is 30.0. The molecule has 0 aromatic heterocycles. The maximum Gasteiger partial charge on any atom is 0.329 e. The molecule has 3 amide bonds. The number of halogens is 2. The van der Waals surface area contributed by atoms with Crippen molar-refractivity contribution in [2.24, 2.45) is 5.10 Å². The summed E-state index contributed by atoms with van der Waals surface area (Å²) in [5.74, 6) is -1.48. The molecule has 0 saturated carbocycles. The van der Waals surface area contributed by atoms with Crippen molar-refractivity contribution in [1.82, 2.24) is 5.43 Å². The topological polar surface area (TPSA) is 127 Å². The highest BCUT2D eigenvalue weighted by Gasteiger charge is 2.15. The number of rotatable bonds is 11. The number of hydrogen-bond acceptors (Lipinski definition) is 7. The second-order valence-electron chi connectivity index (χ2n) is 7.66. The Morgan fingerprint density at radius 3 is 2.31 bits per heavy atom. The van der Waals surface area contributed by atoms with Crippen LogP contribution in [-0.4, -0.2) is 44.3 Å². The lowest BCUT2D eigenvalue weighted by Gasteiger charge is -2.13. The average molecular weight is 646 g/mol. The third-order valence-corrected chi connectivity index (χ3v) is 5.59. The fraction of sp³-hybridized carbons (Fsp3) is 0.111. The van der Waals surface area contributed by atoms with Gasteiger partial charge in [-0.1, -0.05) is 12.7 Å². The molecule has 0 aliphatic rings. The maximum absolute atomic E-state index is 13.0. The van der Waals surface area contributed by atoms with Crippen LogP contribution in [0.15, 0.2) is 78.4 Å². The number of hydrogen-bond donors (Lipinski definition) is 3. The highest BCUT2D eigenvalue weighted by molar-refractivity contribution is 14.1. The van der Waals surface area contributed by atoms with Crippen molar-refractivity contribution in [3.8, 4) is 17.2 Å². The van der Waals surface area contributed by atoms with Crippen molar-refractivity contribution >= 4 is 57.9 Å². The van der Waals surface area contributed by atoms with Gasteiger partial charge in [0.2, 0.25) is 0 Å². The summed E-state index contributed by atoms with van der Waals surface area (Å²) in [5, 5.41) is 8.89. The van der Waals surface area contributed by atoms with E-state index in [-0.39, 0.29) is 6.61 Å². The van der Waals surface area contributed by atoms with Gasteiger partial charge in [-0.25, -0.2) is 9.82 Å². The predicted molar refractivity (Wildman–Crippen MR) is 153 cm³/mol. The minimum atomic E-state index is -0.966. The van der Waals surface area contributed by atoms with Crippen molar-refractivity contribution in [2.45, 2.75) is 0 Å². The molecule has 0 spiro atoms. The van der Waals surface area contributed by atoms with Crippen molar-refractivity contribution in [3.05, 3.63) is 88.3 Å². The van der Waals surface area contributed by atoms with Crippen LogP contribution in [0.2, 0.25) is 0 Å². The van der Waals surface area contributed by atoms with Gasteiger partial charge in [0.25, 0.3) is 5.91 Å². The van der Waals surface area contributed by atoms with Crippen molar-refractivity contribution < 1.29 is 33.0 Å². The highest BCUT2D eigenvalue weighted by Crippen LogP contribution is 2.33. The van der Waals surface area contributed by atoms with Gasteiger partial charge in [0.15, 0.2) is 18.1 Å². The van der Waals surface area contributed by atoms with E-state index in [1.165, 1.54) is 37.6 Å². The Morgan fingerprint density at radius 2 is 1.64 bits per heavy atom. The van der Waals surface area contributed by atoms with Gasteiger partial charge in [-0.3, -0.25) is 14.4 Å². The number of benzene rings is 3. The van der Waals surface area contributed by atoms with E-state index in [0.717, 1.165) is 0 Å². The van der Waals surface area contributed by atoms with Crippen LogP contribution in [0, 0.1) is 9.39 Å². The smallest absolute Gasteiger partial charge is 0.329 e. The van der Waals surface area contributed by atoms with Gasteiger partial charge in [-0.15, -0.1) is 0 Å². The molecule has 3 N–H and O–H groups in total. The molecule has 3 rings (SSSR count). The average Bonchev–Trinajstić information content (AvgIpc) is 2.93. The second-order valence-corrected chi connectivity index (χ2v) is 8.82. The van der Waals surface area contributed by atoms with Crippen molar-refractivity contribution in [1.29, 1.82) is 0 Å². The van der Waals surface area contributed by atoms with Gasteiger partial charge in [-0.05, 0) is 88.8 Å². The van der Waals surface area contributed by atoms with Crippen LogP contribution in [-0.2, 0) is 14.4 Å². The van der Waals surface area contributed by atoms with Crippen LogP contribution in [0.4, 0.5) is 15.8 Å². The zero-order chi connectivity index (χ0) is 28.2. The van der Waals surface area contributed by atoms with Gasteiger partial charge in [0.05, 0.1) is 16.9 Å². The van der Waals surface area contributed by atoms with Crippen LogP contribution in [0.5, 0.6) is 17.2 Å². The van der Waals surface area contributed by atoms with E-state index in [1.807, 2.05) is 22.6 Å². The quantitative estimate of drug-likeness (QED) is 0.0947. The number of carbonyl (C=O) groups is 3. The molecule has 202 valence electrons. The second kappa shape index (κ2) is 14.5. The monoisotopic (exact) mass is 646 g/mol. The van der Waals surface area contributed by atoms with Gasteiger partial charge in [-0.2, -0.15) is 5.10 Å². The van der Waals surface area contributed by atoms with Crippen molar-refractivity contribution in [2.75, 3.05) is 31.0 Å². The zero-order valence-electron chi connectivity index (χ0n) is 20.7. The Hall–Kier alpha value is -4.46. The number of anilines is 2. The molecule has 0 heterocycles. The number of hydrazone groups is 1. The molecular formula is C27H24FIN4O6. The van der Waals surface area contributed by atoms with E-state index >= 15 is 0 Å². The van der Waals surface area contributed by atoms with Gasteiger partial charge in [0, 0.05) is 11.4 Å². The molecule has 0 bridgehead atoms. The molecule has 0 aliphatic heterocycles. The van der Waals surface area contributed by atoms with Crippen LogP contribution < -0.4 is 30.3 Å². The molecule has 0 aliphatic carbocycles. The number of ether oxygens (including phenoxy) is 3. The first-order chi connectivity index (χ1) is 18.8. The summed E-state index contributed by atoms with van der Waals surface area (Å²) in [6.45, 7) is 3.61. The van der Waals surface area contributed by atoms with Crippen LogP contribution in [0.3, 0.4) is 0 Å². The fourth-order valence-electron chi connectivity index (χ4n) is 3.02.